The second kappa shape index (κ2) is 9.26. The number of Topliss-reactive ketones (excluding diaryl/α,β-unsaturated/α-hetero) is 4. The topological polar surface area (TPSA) is 73.2 Å². The molecule has 0 bridgehead atoms. The van der Waals surface area contributed by atoms with E-state index < -0.39 is 46.4 Å². The highest BCUT2D eigenvalue weighted by Crippen LogP contribution is 2.50. The van der Waals surface area contributed by atoms with Crippen LogP contribution in [-0.4, -0.2) is 27.7 Å². The lowest BCUT2D eigenvalue weighted by Gasteiger charge is -1.96. The van der Waals surface area contributed by atoms with Gasteiger partial charge < -0.3 is 4.57 Å². The van der Waals surface area contributed by atoms with Gasteiger partial charge in [0.05, 0.1) is 41.0 Å². The van der Waals surface area contributed by atoms with E-state index >= 15 is 0 Å². The van der Waals surface area contributed by atoms with Crippen molar-refractivity contribution >= 4 is 120 Å². The van der Waals surface area contributed by atoms with Gasteiger partial charge >= 0.3 is 0 Å². The van der Waals surface area contributed by atoms with Crippen LogP contribution < -0.4 is 0 Å². The van der Waals surface area contributed by atoms with Crippen molar-refractivity contribution in [1.29, 1.82) is 0 Å². The molecule has 224 valence electrons. The normalized spacial score (nSPS) is 14.7. The lowest BCUT2D eigenvalue weighted by molar-refractivity contribution is 0.0975. The van der Waals surface area contributed by atoms with Gasteiger partial charge in [-0.1, -0.05) is 0 Å². The third-order valence-electron chi connectivity index (χ3n) is 8.25. The van der Waals surface area contributed by atoms with Crippen LogP contribution in [-0.2, 0) is 7.05 Å². The van der Waals surface area contributed by atoms with E-state index in [1.54, 1.807) is 22.7 Å². The van der Waals surface area contributed by atoms with E-state index in [-0.39, 0.29) is 33.4 Å². The fraction of sp³-hybridized carbons (Fsp3) is 0.0303. The molecule has 0 aliphatic heterocycles. The van der Waals surface area contributed by atoms with Crippen molar-refractivity contribution < 1.29 is 36.7 Å². The predicted octanol–water partition coefficient (Wildman–Crippen LogP) is 9.37. The number of hydrogen-bond donors (Lipinski definition) is 0. The molecular weight excluding hydrogens is 679 g/mol. The fourth-order valence-electron chi connectivity index (χ4n) is 6.14. The summed E-state index contributed by atoms with van der Waals surface area (Å²) in [6, 6.07) is 6.82. The Labute approximate surface area is 269 Å². The average Bonchev–Trinajstić information content (AvgIpc) is 3.85. The second-order valence-corrected chi connectivity index (χ2v) is 15.1. The molecule has 0 saturated heterocycles. The van der Waals surface area contributed by atoms with Crippen LogP contribution in [0.5, 0.6) is 0 Å². The smallest absolute Gasteiger partial charge is 0.197 e. The number of ketones is 4. The summed E-state index contributed by atoms with van der Waals surface area (Å²) in [7, 11) is 1.94. The minimum atomic E-state index is -1.19. The predicted molar refractivity (Wildman–Crippen MR) is 173 cm³/mol. The van der Waals surface area contributed by atoms with Crippen LogP contribution >= 0.6 is 45.3 Å². The zero-order valence-corrected chi connectivity index (χ0v) is 26.1. The van der Waals surface area contributed by atoms with Crippen molar-refractivity contribution in [3.05, 3.63) is 103 Å². The van der Waals surface area contributed by atoms with E-state index in [9.17, 15) is 36.7 Å². The molecule has 2 aliphatic carbocycles. The van der Waals surface area contributed by atoms with Crippen molar-refractivity contribution in [2.24, 2.45) is 7.05 Å². The summed E-state index contributed by atoms with van der Waals surface area (Å²) >= 11 is 5.95. The van der Waals surface area contributed by atoms with Crippen LogP contribution in [0.25, 0.3) is 51.4 Å². The van der Waals surface area contributed by atoms with E-state index in [4.69, 9.17) is 0 Å². The molecule has 0 N–H and O–H groups in total. The van der Waals surface area contributed by atoms with Gasteiger partial charge in [0.1, 0.15) is 0 Å². The average molecular weight is 690 g/mol. The minimum absolute atomic E-state index is 0.141. The number of carbonyl (C=O) groups is 4. The molecule has 0 spiro atoms. The number of allylic oxidation sites excluding steroid dienone is 2. The Morgan fingerprint density at radius 1 is 0.500 bits per heavy atom. The number of carbonyl (C=O) groups excluding carboxylic acids is 4. The van der Waals surface area contributed by atoms with Crippen molar-refractivity contribution in [2.45, 2.75) is 0 Å². The van der Waals surface area contributed by atoms with E-state index in [0.717, 1.165) is 63.5 Å². The van der Waals surface area contributed by atoms with E-state index in [1.807, 2.05) is 19.2 Å². The van der Waals surface area contributed by atoms with E-state index in [2.05, 4.69) is 4.57 Å². The van der Waals surface area contributed by atoms with Crippen molar-refractivity contribution in [2.75, 3.05) is 0 Å². The molecule has 0 fully saturated rings. The van der Waals surface area contributed by atoms with Crippen molar-refractivity contribution in [3.63, 3.8) is 0 Å². The zero-order valence-electron chi connectivity index (χ0n) is 22.8. The molecular formula is C33H11F4NO4S4. The van der Waals surface area contributed by atoms with Crippen LogP contribution in [0.2, 0.25) is 0 Å². The van der Waals surface area contributed by atoms with Crippen molar-refractivity contribution in [1.82, 2.24) is 4.57 Å². The molecule has 0 unspecified atom stereocenters. The summed E-state index contributed by atoms with van der Waals surface area (Å²) in [4.78, 5) is 52.9. The van der Waals surface area contributed by atoms with Crippen LogP contribution in [0.3, 0.4) is 0 Å². The molecule has 9 rings (SSSR count). The van der Waals surface area contributed by atoms with Gasteiger partial charge in [-0.05, 0) is 48.6 Å². The Kier molecular flexibility index (Phi) is 5.58. The molecule has 0 atom stereocenters. The van der Waals surface area contributed by atoms with Gasteiger partial charge in [0.2, 0.25) is 0 Å². The van der Waals surface area contributed by atoms with Gasteiger partial charge in [-0.2, -0.15) is 0 Å². The summed E-state index contributed by atoms with van der Waals surface area (Å²) in [5, 5.41) is 0. The lowest BCUT2D eigenvalue weighted by atomic mass is 10.1. The lowest BCUT2D eigenvalue weighted by Crippen LogP contribution is -1.99. The minimum Gasteiger partial charge on any atom is -0.340 e. The van der Waals surface area contributed by atoms with Crippen LogP contribution in [0.4, 0.5) is 17.6 Å². The summed E-state index contributed by atoms with van der Waals surface area (Å²) in [5.41, 5.74) is 1.07. The first-order valence-electron chi connectivity index (χ1n) is 13.5. The van der Waals surface area contributed by atoms with Gasteiger partial charge in [-0.15, -0.1) is 45.3 Å². The third kappa shape index (κ3) is 3.59. The van der Waals surface area contributed by atoms with E-state index in [1.165, 1.54) is 34.8 Å². The molecule has 0 saturated carbocycles. The number of hydrogen-bond acceptors (Lipinski definition) is 8. The first-order chi connectivity index (χ1) is 22.0. The molecule has 0 amide bonds. The highest BCUT2D eigenvalue weighted by Gasteiger charge is 2.36. The van der Waals surface area contributed by atoms with Crippen LogP contribution in [0, 0.1) is 23.3 Å². The Bertz CT molecular complexity index is 2460. The summed E-state index contributed by atoms with van der Waals surface area (Å²) in [6.45, 7) is 0. The Hall–Kier alpha value is -4.56. The number of fused-ring (bicyclic) bond motifs is 9. The quantitative estimate of drug-likeness (QED) is 0.103. The number of nitrogens with zero attached hydrogens (tertiary/aromatic N) is 1. The maximum absolute atomic E-state index is 13.8. The fourth-order valence-corrected chi connectivity index (χ4v) is 11.6. The summed E-state index contributed by atoms with van der Waals surface area (Å²) < 4.78 is 63.1. The molecule has 5 aromatic heterocycles. The Morgan fingerprint density at radius 3 is 1.15 bits per heavy atom. The zero-order chi connectivity index (χ0) is 31.9. The molecule has 2 aliphatic rings. The Balaban J connectivity index is 1.11. The maximum atomic E-state index is 13.8. The van der Waals surface area contributed by atoms with Crippen LogP contribution in [0.1, 0.15) is 51.2 Å². The number of aromatic nitrogens is 1. The first-order valence-corrected chi connectivity index (χ1v) is 16.7. The van der Waals surface area contributed by atoms with Gasteiger partial charge in [0.25, 0.3) is 0 Å². The number of rotatable bonds is 2. The second-order valence-electron chi connectivity index (χ2n) is 10.9. The van der Waals surface area contributed by atoms with Gasteiger partial charge in [-0.3, -0.25) is 19.2 Å². The first kappa shape index (κ1) is 27.7. The van der Waals surface area contributed by atoms with Crippen LogP contribution in [0.15, 0.2) is 47.5 Å². The highest BCUT2D eigenvalue weighted by atomic mass is 32.1. The summed E-state index contributed by atoms with van der Waals surface area (Å²) in [5.74, 6) is -7.33. The number of aryl methyl sites for hydroxylation is 1. The standard InChI is InChI=1S/C33H11F4NO4S4/c1-38-24-30-22(4-10(43-30)2-16-26(39)12-6-18(34)19(35)7-13(12)27(16)40)45-32(24)33-25(38)31-23(46-33)5-11(44-31)3-17-28(41)14-8-20(36)21(37)9-15(14)29(17)42/h2-9H,1H3. The molecule has 46 heavy (non-hydrogen) atoms. The molecule has 7 aromatic rings. The molecule has 0 radical (unpaired) electrons. The van der Waals surface area contributed by atoms with Gasteiger partial charge in [0.15, 0.2) is 46.4 Å². The highest BCUT2D eigenvalue weighted by molar-refractivity contribution is 7.38. The van der Waals surface area contributed by atoms with E-state index in [0.29, 0.717) is 9.75 Å². The van der Waals surface area contributed by atoms with Gasteiger partial charge in [0, 0.05) is 48.5 Å². The molecule has 5 heterocycles. The summed E-state index contributed by atoms with van der Waals surface area (Å²) in [6.07, 6.45) is 2.94. The molecule has 13 heteroatoms. The Morgan fingerprint density at radius 2 is 0.826 bits per heavy atom. The molecule has 5 nitrogen and oxygen atoms in total. The third-order valence-corrected chi connectivity index (χ3v) is 13.1. The molecule has 2 aromatic carbocycles. The largest absolute Gasteiger partial charge is 0.340 e. The number of benzene rings is 2. The monoisotopic (exact) mass is 689 g/mol. The van der Waals surface area contributed by atoms with Gasteiger partial charge in [-0.25, -0.2) is 17.6 Å². The number of thiophene rings is 4. The maximum Gasteiger partial charge on any atom is 0.197 e. The van der Waals surface area contributed by atoms with Crippen molar-refractivity contribution in [3.8, 4) is 0 Å². The number of halogens is 4. The SMILES string of the molecule is Cn1c2c3sc(C=C4C(=O)c5cc(F)c(F)cc5C4=O)cc3sc2c2sc3cc(C=C4C(=O)c5cc(F)c(F)cc5C4=O)sc3c21.